The van der Waals surface area contributed by atoms with Crippen LogP contribution in [0, 0.1) is 0 Å². The van der Waals surface area contributed by atoms with Crippen LogP contribution in [0.5, 0.6) is 0 Å². The minimum absolute atomic E-state index is 0.0303. The highest BCUT2D eigenvalue weighted by molar-refractivity contribution is 7.26. The number of nitrogens with zero attached hydrogens (tertiary/aromatic N) is 6. The molecule has 0 saturated heterocycles. The third kappa shape index (κ3) is 10.6. The number of fused-ring (bicyclic) bond motifs is 12. The van der Waals surface area contributed by atoms with Crippen LogP contribution in [0.1, 0.15) is 49.9 Å². The van der Waals surface area contributed by atoms with Crippen LogP contribution >= 0.6 is 11.3 Å². The lowest BCUT2D eigenvalue weighted by Gasteiger charge is -2.22. The summed E-state index contributed by atoms with van der Waals surface area (Å²) in [6.07, 6.45) is 0. The molecule has 0 bridgehead atoms. The van der Waals surface area contributed by atoms with E-state index in [-0.39, 0.29) is 10.8 Å². The monoisotopic (exact) mass is 1350 g/mol. The molecule has 4 aromatic heterocycles. The Balaban J connectivity index is 0.000000143. The van der Waals surface area contributed by atoms with Gasteiger partial charge >= 0.3 is 0 Å². The summed E-state index contributed by atoms with van der Waals surface area (Å²) in [7, 11) is 0. The van der Waals surface area contributed by atoms with Crippen molar-refractivity contribution in [3.63, 3.8) is 0 Å². The van der Waals surface area contributed by atoms with Gasteiger partial charge in [-0.2, -0.15) is 0 Å². The molecule has 0 aliphatic heterocycles. The quantitative estimate of drug-likeness (QED) is 0.135. The molecule has 0 unspecified atom stereocenters. The zero-order valence-electron chi connectivity index (χ0n) is 57.7. The summed E-state index contributed by atoms with van der Waals surface area (Å²) < 4.78 is 9.09. The Bertz CT molecular complexity index is 5880. The van der Waals surface area contributed by atoms with Gasteiger partial charge in [-0.1, -0.05) is 319 Å². The first-order valence-electron chi connectivity index (χ1n) is 35.4. The standard InChI is InChI=1S/C48H33N3O.C48H33N3S/c2*1-48(2)40-19-11-9-17-36(40)37-26-25-34(29-41(37)48)30-21-23-31(24-22-30)35-27-28-39(44-43(35)38-18-10-12-20-42(38)52-44)47-50-45(32-13-5-3-6-14-32)49-46(51-47)33-15-7-4-8-16-33/h2*3-29H,1-2H3. The van der Waals surface area contributed by atoms with E-state index in [9.17, 15) is 0 Å². The fraction of sp³-hybridized carbons (Fsp3) is 0.0625. The Morgan fingerprint density at radius 3 is 1.06 bits per heavy atom. The van der Waals surface area contributed by atoms with E-state index < -0.39 is 0 Å². The van der Waals surface area contributed by atoms with Gasteiger partial charge in [0.2, 0.25) is 0 Å². The van der Waals surface area contributed by atoms with Gasteiger partial charge in [0.1, 0.15) is 11.2 Å². The molecular formula is C96H66N6OS. The van der Waals surface area contributed by atoms with Gasteiger partial charge in [-0.3, -0.25) is 0 Å². The maximum atomic E-state index is 6.67. The van der Waals surface area contributed by atoms with Crippen LogP contribution in [0.15, 0.2) is 332 Å². The third-order valence-corrected chi connectivity index (χ3v) is 22.4. The van der Waals surface area contributed by atoms with Crippen molar-refractivity contribution < 1.29 is 4.42 Å². The number of hydrogen-bond acceptors (Lipinski definition) is 8. The lowest BCUT2D eigenvalue weighted by molar-refractivity contribution is 0.660. The van der Waals surface area contributed by atoms with Crippen LogP contribution in [-0.2, 0) is 10.8 Å². The SMILES string of the molecule is CC1(C)c2ccccc2-c2ccc(-c3ccc(-c4ccc(-c5nc(-c6ccccc6)nc(-c6ccccc6)n5)c5oc6ccccc6c45)cc3)cc21.CC1(C)c2ccccc2-c2ccc(-c3ccc(-c4ccc(-c5nc(-c6ccccc6)nc(-c6ccccc6)n5)c5sc6ccccc6c45)cc3)cc21. The summed E-state index contributed by atoms with van der Waals surface area (Å²) in [5.74, 6) is 3.81. The van der Waals surface area contributed by atoms with Crippen molar-refractivity contribution in [1.82, 2.24) is 29.9 Å². The maximum Gasteiger partial charge on any atom is 0.167 e. The summed E-state index contributed by atoms with van der Waals surface area (Å²) >= 11 is 1.80. The largest absolute Gasteiger partial charge is 0.455 e. The lowest BCUT2D eigenvalue weighted by atomic mass is 9.81. The van der Waals surface area contributed by atoms with E-state index in [0.717, 1.165) is 66.4 Å². The Morgan fingerprint density at radius 1 is 0.240 bits per heavy atom. The van der Waals surface area contributed by atoms with Crippen LogP contribution < -0.4 is 0 Å². The molecule has 0 radical (unpaired) electrons. The fourth-order valence-electron chi connectivity index (χ4n) is 15.8. The van der Waals surface area contributed by atoms with Gasteiger partial charge in [-0.25, -0.2) is 29.9 Å². The second-order valence-electron chi connectivity index (χ2n) is 28.0. The van der Waals surface area contributed by atoms with E-state index in [1.165, 1.54) is 98.1 Å². The molecule has 20 rings (SSSR count). The van der Waals surface area contributed by atoms with E-state index in [0.29, 0.717) is 34.9 Å². The van der Waals surface area contributed by atoms with Crippen molar-refractivity contribution in [3.8, 4) is 135 Å². The number of furan rings is 1. The lowest BCUT2D eigenvalue weighted by Crippen LogP contribution is -2.14. The molecule has 0 fully saturated rings. The summed E-state index contributed by atoms with van der Waals surface area (Å²) in [5, 5.41) is 4.57. The van der Waals surface area contributed by atoms with Crippen LogP contribution in [0.4, 0.5) is 0 Å². The first kappa shape index (κ1) is 62.2. The van der Waals surface area contributed by atoms with Crippen molar-refractivity contribution in [1.29, 1.82) is 0 Å². The molecule has 0 spiro atoms. The van der Waals surface area contributed by atoms with E-state index in [2.05, 4.69) is 246 Å². The topological polar surface area (TPSA) is 90.5 Å². The molecule has 2 aliphatic rings. The van der Waals surface area contributed by atoms with Crippen LogP contribution in [0.25, 0.3) is 177 Å². The molecule has 2 aliphatic carbocycles. The molecule has 104 heavy (non-hydrogen) atoms. The second kappa shape index (κ2) is 25.0. The Morgan fingerprint density at radius 2 is 0.577 bits per heavy atom. The molecular weight excluding hydrogens is 1290 g/mol. The summed E-state index contributed by atoms with van der Waals surface area (Å²) in [5.41, 5.74) is 27.5. The molecule has 4 heterocycles. The normalized spacial score (nSPS) is 13.0. The highest BCUT2D eigenvalue weighted by atomic mass is 32.1. The highest BCUT2D eigenvalue weighted by Crippen LogP contribution is 2.52. The average molecular weight is 1350 g/mol. The first-order valence-corrected chi connectivity index (χ1v) is 36.2. The van der Waals surface area contributed by atoms with Crippen molar-refractivity contribution in [2.45, 2.75) is 38.5 Å². The predicted molar refractivity (Wildman–Crippen MR) is 429 cm³/mol. The van der Waals surface area contributed by atoms with Gasteiger partial charge in [0, 0.05) is 69.6 Å². The fourth-order valence-corrected chi connectivity index (χ4v) is 17.0. The van der Waals surface area contributed by atoms with Gasteiger partial charge in [0.15, 0.2) is 34.9 Å². The van der Waals surface area contributed by atoms with Crippen molar-refractivity contribution >= 4 is 53.4 Å². The van der Waals surface area contributed by atoms with Gasteiger partial charge in [0.05, 0.1) is 5.56 Å². The number of hydrogen-bond donors (Lipinski definition) is 0. The van der Waals surface area contributed by atoms with E-state index in [1.807, 2.05) is 109 Å². The van der Waals surface area contributed by atoms with E-state index in [4.69, 9.17) is 34.3 Å². The molecule has 8 heteroatoms. The zero-order chi connectivity index (χ0) is 69.6. The van der Waals surface area contributed by atoms with Crippen molar-refractivity contribution in [2.75, 3.05) is 0 Å². The van der Waals surface area contributed by atoms with Crippen LogP contribution in [-0.4, -0.2) is 29.9 Å². The van der Waals surface area contributed by atoms with Gasteiger partial charge in [-0.15, -0.1) is 11.3 Å². The number of aromatic nitrogens is 6. The minimum atomic E-state index is -0.0418. The molecule has 14 aromatic carbocycles. The Hall–Kier alpha value is -12.9. The average Bonchev–Trinajstić information content (AvgIpc) is 1.58. The molecule has 18 aromatic rings. The smallest absolute Gasteiger partial charge is 0.167 e. The number of thiophene rings is 1. The molecule has 0 saturated carbocycles. The Labute approximate surface area is 607 Å². The van der Waals surface area contributed by atoms with Crippen molar-refractivity contribution in [3.05, 3.63) is 350 Å². The van der Waals surface area contributed by atoms with Crippen LogP contribution in [0.2, 0.25) is 0 Å². The number of benzene rings is 14. The second-order valence-corrected chi connectivity index (χ2v) is 29.1. The molecule has 0 amide bonds. The third-order valence-electron chi connectivity index (χ3n) is 21.2. The van der Waals surface area contributed by atoms with E-state index in [1.54, 1.807) is 11.3 Å². The van der Waals surface area contributed by atoms with Gasteiger partial charge in [-0.05, 0) is 125 Å². The van der Waals surface area contributed by atoms with Crippen LogP contribution in [0.3, 0.4) is 0 Å². The Kier molecular flexibility index (Phi) is 15.0. The maximum absolute atomic E-state index is 6.67. The molecule has 0 N–H and O–H groups in total. The highest BCUT2D eigenvalue weighted by Gasteiger charge is 2.37. The summed E-state index contributed by atoms with van der Waals surface area (Å²) in [6.45, 7) is 9.34. The first-order chi connectivity index (χ1) is 51.1. The summed E-state index contributed by atoms with van der Waals surface area (Å²) in [6, 6.07) is 116. The number of rotatable bonds is 10. The van der Waals surface area contributed by atoms with Crippen molar-refractivity contribution in [2.24, 2.45) is 0 Å². The zero-order valence-corrected chi connectivity index (χ0v) is 58.5. The number of para-hydroxylation sites is 1. The van der Waals surface area contributed by atoms with Gasteiger partial charge < -0.3 is 4.42 Å². The molecule has 7 nitrogen and oxygen atoms in total. The molecule has 0 atom stereocenters. The van der Waals surface area contributed by atoms with E-state index >= 15 is 0 Å². The minimum Gasteiger partial charge on any atom is -0.455 e. The predicted octanol–water partition coefficient (Wildman–Crippen LogP) is 25.3. The molecule has 492 valence electrons. The summed E-state index contributed by atoms with van der Waals surface area (Å²) in [4.78, 5) is 30.1. The van der Waals surface area contributed by atoms with Gasteiger partial charge in [0.25, 0.3) is 0 Å².